The van der Waals surface area contributed by atoms with E-state index in [2.05, 4.69) is 16.4 Å². The third kappa shape index (κ3) is 6.00. The lowest BCUT2D eigenvalue weighted by atomic mass is 10.1. The number of nitrogens with one attached hydrogen (secondary N) is 1. The smallest absolute Gasteiger partial charge is 0.121 e. The number of benzene rings is 1. The average Bonchev–Trinajstić information content (AvgIpc) is 2.62. The van der Waals surface area contributed by atoms with Crippen LogP contribution in [-0.4, -0.2) is 25.2 Å². The molecule has 4 heteroatoms. The van der Waals surface area contributed by atoms with Crippen molar-refractivity contribution in [3.63, 3.8) is 0 Å². The fourth-order valence-corrected chi connectivity index (χ4v) is 2.96. The lowest BCUT2D eigenvalue weighted by Crippen LogP contribution is -2.02. The Morgan fingerprint density at radius 3 is 2.38 bits per heavy atom. The first kappa shape index (κ1) is 18.5. The van der Waals surface area contributed by atoms with Gasteiger partial charge in [-0.3, -0.25) is 4.98 Å². The molecule has 4 nitrogen and oxygen atoms in total. The van der Waals surface area contributed by atoms with Crippen molar-refractivity contribution in [1.29, 1.82) is 0 Å². The topological polar surface area (TPSA) is 60.2 Å². The average molecular weight is 329 g/mol. The highest BCUT2D eigenvalue weighted by Gasteiger charge is 2.03. The van der Waals surface area contributed by atoms with Crippen molar-refractivity contribution < 1.29 is 4.74 Å². The number of rotatable bonds is 12. The summed E-state index contributed by atoms with van der Waals surface area (Å²) in [5.74, 6) is 0.846. The summed E-state index contributed by atoms with van der Waals surface area (Å²) in [7, 11) is 1.68. The van der Waals surface area contributed by atoms with Gasteiger partial charge >= 0.3 is 0 Å². The number of aromatic nitrogens is 1. The lowest BCUT2D eigenvalue weighted by molar-refractivity contribution is 0.415. The van der Waals surface area contributed by atoms with Crippen LogP contribution in [0.15, 0.2) is 30.5 Å². The number of hydrogen-bond acceptors (Lipinski definition) is 4. The highest BCUT2D eigenvalue weighted by atomic mass is 16.5. The highest BCUT2D eigenvalue weighted by molar-refractivity contribution is 5.91. The minimum absolute atomic E-state index is 0.835. The van der Waals surface area contributed by atoms with Crippen molar-refractivity contribution in [2.45, 2.75) is 51.4 Å². The zero-order chi connectivity index (χ0) is 17.0. The Morgan fingerprint density at radius 2 is 1.67 bits per heavy atom. The van der Waals surface area contributed by atoms with E-state index in [-0.39, 0.29) is 0 Å². The van der Waals surface area contributed by atoms with Crippen LogP contribution < -0.4 is 15.8 Å². The SMILES string of the molecule is COc1ccc2c(NCCCCCCCCCCN)ccnc2c1. The first-order chi connectivity index (χ1) is 11.8. The maximum absolute atomic E-state index is 5.50. The van der Waals surface area contributed by atoms with Gasteiger partial charge in [0.05, 0.1) is 12.6 Å². The Labute approximate surface area is 145 Å². The number of nitrogens with two attached hydrogens (primary N) is 1. The zero-order valence-electron chi connectivity index (χ0n) is 14.9. The van der Waals surface area contributed by atoms with Crippen LogP contribution in [-0.2, 0) is 0 Å². The van der Waals surface area contributed by atoms with Gasteiger partial charge in [0.1, 0.15) is 5.75 Å². The fraction of sp³-hybridized carbons (Fsp3) is 0.550. The van der Waals surface area contributed by atoms with E-state index < -0.39 is 0 Å². The van der Waals surface area contributed by atoms with E-state index in [1.807, 2.05) is 24.4 Å². The van der Waals surface area contributed by atoms with Crippen molar-refractivity contribution in [2.24, 2.45) is 5.73 Å². The molecule has 0 unspecified atom stereocenters. The van der Waals surface area contributed by atoms with Crippen molar-refractivity contribution in [3.8, 4) is 5.75 Å². The molecule has 0 atom stereocenters. The van der Waals surface area contributed by atoms with Gasteiger partial charge in [0.2, 0.25) is 0 Å². The Bertz CT molecular complexity index is 600. The summed E-state index contributed by atoms with van der Waals surface area (Å²) in [6, 6.07) is 8.09. The van der Waals surface area contributed by atoms with E-state index in [9.17, 15) is 0 Å². The lowest BCUT2D eigenvalue weighted by Gasteiger charge is -2.10. The maximum atomic E-state index is 5.50. The number of fused-ring (bicyclic) bond motifs is 1. The Morgan fingerprint density at radius 1 is 0.958 bits per heavy atom. The molecule has 1 heterocycles. The van der Waals surface area contributed by atoms with Crippen molar-refractivity contribution in [2.75, 3.05) is 25.5 Å². The summed E-state index contributed by atoms with van der Waals surface area (Å²) >= 11 is 0. The number of unbranched alkanes of at least 4 members (excludes halogenated alkanes) is 7. The molecule has 132 valence electrons. The van der Waals surface area contributed by atoms with E-state index >= 15 is 0 Å². The Hall–Kier alpha value is -1.81. The van der Waals surface area contributed by atoms with Gasteiger partial charge in [-0.15, -0.1) is 0 Å². The number of ether oxygens (including phenoxy) is 1. The molecule has 0 spiro atoms. The third-order valence-corrected chi connectivity index (χ3v) is 4.40. The number of anilines is 1. The largest absolute Gasteiger partial charge is 0.497 e. The molecule has 3 N–H and O–H groups in total. The first-order valence-corrected chi connectivity index (χ1v) is 9.22. The normalized spacial score (nSPS) is 10.9. The predicted molar refractivity (Wildman–Crippen MR) is 103 cm³/mol. The van der Waals surface area contributed by atoms with Crippen LogP contribution in [0, 0.1) is 0 Å². The summed E-state index contributed by atoms with van der Waals surface area (Å²) in [6.45, 7) is 1.85. The summed E-state index contributed by atoms with van der Waals surface area (Å²) < 4.78 is 5.26. The van der Waals surface area contributed by atoms with E-state index in [1.165, 1.54) is 51.4 Å². The van der Waals surface area contributed by atoms with Gasteiger partial charge in [0.15, 0.2) is 0 Å². The van der Waals surface area contributed by atoms with Crippen LogP contribution in [0.5, 0.6) is 5.75 Å². The van der Waals surface area contributed by atoms with Crippen molar-refractivity contribution >= 4 is 16.6 Å². The minimum atomic E-state index is 0.835. The second-order valence-corrected chi connectivity index (χ2v) is 6.29. The molecule has 1 aromatic carbocycles. The van der Waals surface area contributed by atoms with Gasteiger partial charge < -0.3 is 15.8 Å². The molecule has 24 heavy (non-hydrogen) atoms. The minimum Gasteiger partial charge on any atom is -0.497 e. The molecule has 0 aliphatic heterocycles. The van der Waals surface area contributed by atoms with Crippen molar-refractivity contribution in [3.05, 3.63) is 30.5 Å². The van der Waals surface area contributed by atoms with Crippen LogP contribution in [0.25, 0.3) is 10.9 Å². The van der Waals surface area contributed by atoms with Gasteiger partial charge in [-0.2, -0.15) is 0 Å². The standard InChI is InChI=1S/C20H31N3O/c1-24-17-10-11-18-19(12-15-23-20(18)16-17)22-14-9-7-5-3-2-4-6-8-13-21/h10-12,15-16H,2-9,13-14,21H2,1H3,(H,22,23). The van der Waals surface area contributed by atoms with Gasteiger partial charge in [-0.05, 0) is 37.6 Å². The fourth-order valence-electron chi connectivity index (χ4n) is 2.96. The molecule has 2 rings (SSSR count). The van der Waals surface area contributed by atoms with Gasteiger partial charge in [0, 0.05) is 29.9 Å². The van der Waals surface area contributed by atoms with Gasteiger partial charge in [0.25, 0.3) is 0 Å². The van der Waals surface area contributed by atoms with Crippen LogP contribution in [0.4, 0.5) is 5.69 Å². The molecule has 0 fully saturated rings. The number of hydrogen-bond donors (Lipinski definition) is 2. The molecule has 0 bridgehead atoms. The molecule has 0 amide bonds. The molecule has 2 aromatic rings. The number of nitrogens with zero attached hydrogens (tertiary/aromatic N) is 1. The quantitative estimate of drug-likeness (QED) is 0.552. The number of pyridine rings is 1. The predicted octanol–water partition coefficient (Wildman–Crippen LogP) is 4.73. The molecule has 0 aliphatic carbocycles. The van der Waals surface area contributed by atoms with Gasteiger partial charge in [-0.1, -0.05) is 38.5 Å². The van der Waals surface area contributed by atoms with Crippen LogP contribution in [0.1, 0.15) is 51.4 Å². The molecule has 1 aromatic heterocycles. The number of methoxy groups -OCH3 is 1. The Kier molecular flexibility index (Phi) is 8.39. The maximum Gasteiger partial charge on any atom is 0.121 e. The monoisotopic (exact) mass is 329 g/mol. The van der Waals surface area contributed by atoms with E-state index in [1.54, 1.807) is 7.11 Å². The van der Waals surface area contributed by atoms with E-state index in [0.717, 1.165) is 35.4 Å². The summed E-state index contributed by atoms with van der Waals surface area (Å²) in [4.78, 5) is 4.42. The second-order valence-electron chi connectivity index (χ2n) is 6.29. The molecular formula is C20H31N3O. The zero-order valence-corrected chi connectivity index (χ0v) is 14.9. The van der Waals surface area contributed by atoms with Crippen LogP contribution >= 0.6 is 0 Å². The Balaban J connectivity index is 1.67. The van der Waals surface area contributed by atoms with E-state index in [0.29, 0.717) is 0 Å². The summed E-state index contributed by atoms with van der Waals surface area (Å²) in [5.41, 5.74) is 7.63. The highest BCUT2D eigenvalue weighted by Crippen LogP contribution is 2.25. The second kappa shape index (κ2) is 10.9. The molecule has 0 saturated heterocycles. The molecule has 0 saturated carbocycles. The molecule has 0 radical (unpaired) electrons. The van der Waals surface area contributed by atoms with Crippen LogP contribution in [0.2, 0.25) is 0 Å². The third-order valence-electron chi connectivity index (χ3n) is 4.40. The van der Waals surface area contributed by atoms with E-state index in [4.69, 9.17) is 10.5 Å². The van der Waals surface area contributed by atoms with Gasteiger partial charge in [-0.25, -0.2) is 0 Å². The summed E-state index contributed by atoms with van der Waals surface area (Å²) in [5, 5.41) is 4.70. The summed E-state index contributed by atoms with van der Waals surface area (Å²) in [6.07, 6.45) is 12.2. The molecule has 0 aliphatic rings. The van der Waals surface area contributed by atoms with Crippen LogP contribution in [0.3, 0.4) is 0 Å². The first-order valence-electron chi connectivity index (χ1n) is 9.22. The molecular weight excluding hydrogens is 298 g/mol. The van der Waals surface area contributed by atoms with Crippen molar-refractivity contribution in [1.82, 2.24) is 4.98 Å².